The Morgan fingerprint density at radius 3 is 1.89 bits per heavy atom. The van der Waals surface area contributed by atoms with Crippen LogP contribution in [0.3, 0.4) is 0 Å². The molecule has 2 aromatic rings. The predicted molar refractivity (Wildman–Crippen MR) is 143 cm³/mol. The lowest BCUT2D eigenvalue weighted by atomic mass is 9.84. The number of benzene rings is 2. The van der Waals surface area contributed by atoms with Crippen molar-refractivity contribution in [2.24, 2.45) is 5.41 Å². The summed E-state index contributed by atoms with van der Waals surface area (Å²) in [5.41, 5.74) is 4.11. The Kier molecular flexibility index (Phi) is 9.56. The fourth-order valence-corrected chi connectivity index (χ4v) is 3.85. The van der Waals surface area contributed by atoms with E-state index in [2.05, 4.69) is 63.7 Å². The first kappa shape index (κ1) is 27.0. The average Bonchev–Trinajstić information content (AvgIpc) is 3.35. The second kappa shape index (κ2) is 12.4. The smallest absolute Gasteiger partial charge is 0.316 e. The van der Waals surface area contributed by atoms with Gasteiger partial charge in [0.05, 0.1) is 12.0 Å². The molecule has 0 spiro atoms. The van der Waals surface area contributed by atoms with E-state index in [9.17, 15) is 4.79 Å². The highest BCUT2D eigenvalue weighted by Gasteiger charge is 2.25. The zero-order valence-electron chi connectivity index (χ0n) is 21.9. The van der Waals surface area contributed by atoms with Crippen molar-refractivity contribution in [2.45, 2.75) is 40.5 Å². The third-order valence-electron chi connectivity index (χ3n) is 5.79. The molecule has 1 fully saturated rings. The summed E-state index contributed by atoms with van der Waals surface area (Å²) in [4.78, 5) is 14.5. The number of esters is 1. The van der Waals surface area contributed by atoms with Crippen molar-refractivity contribution >= 4 is 11.5 Å². The van der Waals surface area contributed by atoms with Gasteiger partial charge in [0.15, 0.2) is 0 Å². The molecule has 0 aliphatic heterocycles. The Morgan fingerprint density at radius 2 is 1.40 bits per heavy atom. The van der Waals surface area contributed by atoms with Crippen molar-refractivity contribution in [3.63, 3.8) is 0 Å². The van der Waals surface area contributed by atoms with Gasteiger partial charge in [0.25, 0.3) is 0 Å². The average molecular weight is 473 g/mol. The van der Waals surface area contributed by atoms with Gasteiger partial charge in [-0.3, -0.25) is 4.79 Å². The Bertz CT molecular complexity index is 975. The third kappa shape index (κ3) is 7.70. The van der Waals surface area contributed by atoms with Crippen molar-refractivity contribution in [1.29, 1.82) is 0 Å². The molecular formula is C31H38NO3. The zero-order chi connectivity index (χ0) is 25.4. The van der Waals surface area contributed by atoms with Crippen LogP contribution < -0.4 is 9.47 Å². The second-order valence-corrected chi connectivity index (χ2v) is 10.1. The maximum atomic E-state index is 12.3. The first-order chi connectivity index (χ1) is 16.7. The first-order valence-corrected chi connectivity index (χ1v) is 12.3. The lowest BCUT2D eigenvalue weighted by molar-refractivity contribution is -0.142. The van der Waals surface area contributed by atoms with E-state index < -0.39 is 5.41 Å². The Morgan fingerprint density at radius 1 is 0.857 bits per heavy atom. The number of ether oxygens (including phenoxy) is 2. The molecule has 5 radical (unpaired) electrons. The molecule has 0 saturated heterocycles. The number of allylic oxidation sites excluding steroid dienone is 1. The molecule has 35 heavy (non-hydrogen) atoms. The zero-order valence-corrected chi connectivity index (χ0v) is 21.9. The fourth-order valence-electron chi connectivity index (χ4n) is 3.85. The van der Waals surface area contributed by atoms with Crippen LogP contribution in [-0.4, -0.2) is 38.1 Å². The molecule has 185 valence electrons. The molecule has 0 heterocycles. The van der Waals surface area contributed by atoms with Crippen LogP contribution >= 0.6 is 0 Å². The van der Waals surface area contributed by atoms with E-state index in [1.165, 1.54) is 17.1 Å². The highest BCUT2D eigenvalue weighted by atomic mass is 16.5. The molecule has 4 nitrogen and oxygen atoms in total. The molecule has 0 N–H and O–H groups in total. The molecule has 0 amide bonds. The van der Waals surface area contributed by atoms with Crippen LogP contribution in [0.5, 0.6) is 11.5 Å². The number of carbonyl (C=O) groups excluding carboxylic acids is 1. The summed E-state index contributed by atoms with van der Waals surface area (Å²) in [5, 5.41) is 0. The van der Waals surface area contributed by atoms with Gasteiger partial charge in [-0.25, -0.2) is 0 Å². The molecule has 3 rings (SSSR count). The highest BCUT2D eigenvalue weighted by Crippen LogP contribution is 2.40. The van der Waals surface area contributed by atoms with E-state index in [-0.39, 0.29) is 5.97 Å². The van der Waals surface area contributed by atoms with Crippen LogP contribution in [0.4, 0.5) is 0 Å². The van der Waals surface area contributed by atoms with Crippen LogP contribution in [0, 0.1) is 37.0 Å². The van der Waals surface area contributed by atoms with Gasteiger partial charge in [-0.2, -0.15) is 0 Å². The SMILES string of the molecule is CC/C([C]1[CH][CH][CH][CH]1)=C(/c1ccc(OCCCN(C)C)cc1)c1ccc(OC(=O)C(C)(C)C)cc1. The summed E-state index contributed by atoms with van der Waals surface area (Å²) >= 11 is 0. The lowest BCUT2D eigenvalue weighted by Gasteiger charge is -2.21. The number of nitrogens with zero attached hydrogens (tertiary/aromatic N) is 1. The van der Waals surface area contributed by atoms with Crippen molar-refractivity contribution in [1.82, 2.24) is 4.90 Å². The summed E-state index contributed by atoms with van der Waals surface area (Å²) < 4.78 is 11.5. The third-order valence-corrected chi connectivity index (χ3v) is 5.79. The van der Waals surface area contributed by atoms with Crippen LogP contribution in [0.1, 0.15) is 51.7 Å². The van der Waals surface area contributed by atoms with Crippen LogP contribution in [0.25, 0.3) is 5.57 Å². The summed E-state index contributed by atoms with van der Waals surface area (Å²) in [6, 6.07) is 16.2. The largest absolute Gasteiger partial charge is 0.494 e. The van der Waals surface area contributed by atoms with E-state index in [1.54, 1.807) is 0 Å². The van der Waals surface area contributed by atoms with Gasteiger partial charge in [-0.1, -0.05) is 36.8 Å². The molecule has 2 aromatic carbocycles. The number of hydrogen-bond donors (Lipinski definition) is 0. The molecule has 4 heteroatoms. The molecule has 0 aromatic heterocycles. The molecule has 1 saturated carbocycles. The maximum absolute atomic E-state index is 12.3. The van der Waals surface area contributed by atoms with Gasteiger partial charge in [0.2, 0.25) is 0 Å². The second-order valence-electron chi connectivity index (χ2n) is 10.1. The van der Waals surface area contributed by atoms with Crippen molar-refractivity contribution < 1.29 is 14.3 Å². The summed E-state index contributed by atoms with van der Waals surface area (Å²) in [6.45, 7) is 9.45. The van der Waals surface area contributed by atoms with Gasteiger partial charge < -0.3 is 14.4 Å². The van der Waals surface area contributed by atoms with Crippen molar-refractivity contribution in [3.8, 4) is 11.5 Å². The molecule has 0 bridgehead atoms. The normalized spacial score (nSPS) is 15.3. The molecule has 0 unspecified atom stereocenters. The van der Waals surface area contributed by atoms with Crippen LogP contribution in [0.15, 0.2) is 54.1 Å². The van der Waals surface area contributed by atoms with Gasteiger partial charge in [0.1, 0.15) is 11.5 Å². The fraction of sp³-hybridized carbons (Fsp3) is 0.355. The number of hydrogen-bond acceptors (Lipinski definition) is 4. The minimum absolute atomic E-state index is 0.242. The minimum Gasteiger partial charge on any atom is -0.494 e. The summed E-state index contributed by atoms with van der Waals surface area (Å²) in [7, 11) is 4.14. The topological polar surface area (TPSA) is 38.8 Å². The van der Waals surface area contributed by atoms with Crippen LogP contribution in [0.2, 0.25) is 0 Å². The minimum atomic E-state index is -0.548. The lowest BCUT2D eigenvalue weighted by Crippen LogP contribution is -2.25. The predicted octanol–water partition coefficient (Wildman–Crippen LogP) is 6.59. The van der Waals surface area contributed by atoms with Gasteiger partial charge >= 0.3 is 5.97 Å². The summed E-state index contributed by atoms with van der Waals surface area (Å²) in [5.74, 6) is 2.41. The molecule has 0 atom stereocenters. The Balaban J connectivity index is 1.87. The van der Waals surface area contributed by atoms with E-state index in [1.807, 2.05) is 57.2 Å². The first-order valence-electron chi connectivity index (χ1n) is 12.3. The summed E-state index contributed by atoms with van der Waals surface area (Å²) in [6.07, 6.45) is 10.3. The maximum Gasteiger partial charge on any atom is 0.316 e. The Hall–Kier alpha value is -2.59. The standard InChI is InChI=1S/C31H38NO3/c1-7-28(23-11-8-9-12-23)29(24-13-17-26(18-14-24)34-22-10-21-32(5)6)25-15-19-27(20-16-25)35-30(33)31(2,3)4/h8-9,11-20H,7,10,21-22H2,1-6H3/b29-28+. The molecule has 1 aliphatic rings. The number of rotatable bonds is 10. The van der Waals surface area contributed by atoms with E-state index in [4.69, 9.17) is 9.47 Å². The van der Waals surface area contributed by atoms with Crippen LogP contribution in [-0.2, 0) is 4.79 Å². The van der Waals surface area contributed by atoms with E-state index in [0.717, 1.165) is 36.3 Å². The molecular weight excluding hydrogens is 434 g/mol. The Labute approximate surface area is 212 Å². The van der Waals surface area contributed by atoms with Crippen molar-refractivity contribution in [2.75, 3.05) is 27.2 Å². The van der Waals surface area contributed by atoms with Gasteiger partial charge in [-0.15, -0.1) is 0 Å². The number of carbonyl (C=O) groups is 1. The monoisotopic (exact) mass is 472 g/mol. The van der Waals surface area contributed by atoms with Gasteiger partial charge in [-0.05, 0) is 114 Å². The highest BCUT2D eigenvalue weighted by molar-refractivity contribution is 5.86. The van der Waals surface area contributed by atoms with Gasteiger partial charge in [0, 0.05) is 12.5 Å². The van der Waals surface area contributed by atoms with Crippen molar-refractivity contribution in [3.05, 3.63) is 96.8 Å². The molecule has 1 aliphatic carbocycles. The quantitative estimate of drug-likeness (QED) is 0.222. The van der Waals surface area contributed by atoms with E-state index >= 15 is 0 Å². The van der Waals surface area contributed by atoms with E-state index in [0.29, 0.717) is 12.4 Å².